The molecule has 0 saturated carbocycles. The van der Waals surface area contributed by atoms with Gasteiger partial charge in [-0.2, -0.15) is 8.42 Å². The average molecular weight is 386 g/mol. The zero-order chi connectivity index (χ0) is 16.7. The van der Waals surface area contributed by atoms with E-state index in [-0.39, 0.29) is 6.04 Å². The highest BCUT2D eigenvalue weighted by Gasteiger charge is 2.46. The predicted molar refractivity (Wildman–Crippen MR) is 97.6 cm³/mol. The number of nitrogens with zero attached hydrogens (tertiary/aromatic N) is 1. The van der Waals surface area contributed by atoms with Gasteiger partial charge < -0.3 is 4.18 Å². The molecule has 7 heteroatoms. The van der Waals surface area contributed by atoms with Gasteiger partial charge in [0.05, 0.1) is 6.04 Å². The first-order valence-corrected chi connectivity index (χ1v) is 11.2. The molecule has 1 aromatic carbocycles. The third-order valence-electron chi connectivity index (χ3n) is 4.92. The summed E-state index contributed by atoms with van der Waals surface area (Å²) in [5, 5.41) is 0. The molecule has 0 N–H and O–H groups in total. The first-order chi connectivity index (χ1) is 11.6. The first-order valence-electron chi connectivity index (χ1n) is 8.34. The van der Waals surface area contributed by atoms with Crippen LogP contribution in [-0.2, 0) is 14.3 Å². The molecule has 1 saturated heterocycles. The van der Waals surface area contributed by atoms with Crippen LogP contribution in [0, 0.1) is 0 Å². The summed E-state index contributed by atoms with van der Waals surface area (Å²) < 4.78 is 29.6. The lowest BCUT2D eigenvalue weighted by Gasteiger charge is -2.40. The molecule has 1 aromatic rings. The van der Waals surface area contributed by atoms with Crippen LogP contribution in [0.3, 0.4) is 0 Å². The van der Waals surface area contributed by atoms with Crippen LogP contribution in [0.2, 0.25) is 0 Å². The molecule has 2 atom stereocenters. The second-order valence-corrected chi connectivity index (χ2v) is 9.94. The Hall–Kier alpha value is -0.690. The minimum Gasteiger partial charge on any atom is -0.381 e. The van der Waals surface area contributed by atoms with Gasteiger partial charge in [0.1, 0.15) is 0 Å². The maximum atomic E-state index is 12.6. The Balaban J connectivity index is 1.86. The smallest absolute Gasteiger partial charge is 0.328 e. The van der Waals surface area contributed by atoms with E-state index in [0.717, 1.165) is 54.1 Å². The van der Waals surface area contributed by atoms with Gasteiger partial charge >= 0.3 is 10.1 Å². The van der Waals surface area contributed by atoms with Crippen molar-refractivity contribution in [3.8, 4) is 0 Å². The van der Waals surface area contributed by atoms with Crippen molar-refractivity contribution in [3.63, 3.8) is 0 Å². The van der Waals surface area contributed by atoms with E-state index in [4.69, 9.17) is 15.8 Å². The molecule has 3 aliphatic heterocycles. The summed E-state index contributed by atoms with van der Waals surface area (Å²) >= 11 is 8.16. The standard InChI is InChI=1S/C17H20ClNO3S2/c18-17-15(19-9-4-1-5-10-19)13-8-11-23-14-7-3-2-6-12(14)16(13)22-24(17,20)21/h2-3,6-7,15,17H,1,4-5,8-11H2/t15-,17-/m0/s1. The fourth-order valence-electron chi connectivity index (χ4n) is 3.78. The number of alkyl halides is 1. The summed E-state index contributed by atoms with van der Waals surface area (Å²) in [4.78, 5) is 3.32. The van der Waals surface area contributed by atoms with E-state index >= 15 is 0 Å². The molecule has 0 amide bonds. The van der Waals surface area contributed by atoms with Crippen LogP contribution in [0.4, 0.5) is 0 Å². The normalized spacial score (nSPS) is 30.0. The summed E-state index contributed by atoms with van der Waals surface area (Å²) in [6, 6.07) is 7.58. The second kappa shape index (κ2) is 6.56. The lowest BCUT2D eigenvalue weighted by atomic mass is 9.97. The summed E-state index contributed by atoms with van der Waals surface area (Å²) in [5.41, 5.74) is 1.92. The highest BCUT2D eigenvalue weighted by Crippen LogP contribution is 2.45. The molecule has 0 unspecified atom stereocenters. The number of fused-ring (bicyclic) bond motifs is 2. The number of hydrogen-bond donors (Lipinski definition) is 0. The number of halogens is 1. The van der Waals surface area contributed by atoms with Crippen molar-refractivity contribution < 1.29 is 12.6 Å². The van der Waals surface area contributed by atoms with Crippen LogP contribution in [0.5, 0.6) is 0 Å². The van der Waals surface area contributed by atoms with Gasteiger partial charge in [-0.05, 0) is 44.0 Å². The molecule has 1 fully saturated rings. The van der Waals surface area contributed by atoms with Gasteiger partial charge in [-0.25, -0.2) is 0 Å². The van der Waals surface area contributed by atoms with E-state index in [1.165, 1.54) is 6.42 Å². The van der Waals surface area contributed by atoms with Gasteiger partial charge in [-0.15, -0.1) is 11.8 Å². The summed E-state index contributed by atoms with van der Waals surface area (Å²) in [5.74, 6) is 1.43. The molecule has 24 heavy (non-hydrogen) atoms. The Morgan fingerprint density at radius 1 is 1.17 bits per heavy atom. The minimum atomic E-state index is -3.83. The summed E-state index contributed by atoms with van der Waals surface area (Å²) in [7, 11) is -3.83. The van der Waals surface area contributed by atoms with Crippen molar-refractivity contribution in [1.29, 1.82) is 0 Å². The number of likely N-dealkylation sites (tertiary alicyclic amines) is 1. The Kier molecular flexibility index (Phi) is 4.58. The van der Waals surface area contributed by atoms with Crippen molar-refractivity contribution in [1.82, 2.24) is 4.90 Å². The van der Waals surface area contributed by atoms with Crippen LogP contribution < -0.4 is 0 Å². The first kappa shape index (κ1) is 16.8. The van der Waals surface area contributed by atoms with E-state index < -0.39 is 14.8 Å². The number of hydrogen-bond acceptors (Lipinski definition) is 5. The molecule has 4 rings (SSSR count). The summed E-state index contributed by atoms with van der Waals surface area (Å²) in [6.07, 6.45) is 4.18. The molecule has 4 nitrogen and oxygen atoms in total. The molecule has 3 aliphatic rings. The van der Waals surface area contributed by atoms with Gasteiger partial charge in [0.25, 0.3) is 0 Å². The highest BCUT2D eigenvalue weighted by molar-refractivity contribution is 7.99. The van der Waals surface area contributed by atoms with Crippen LogP contribution in [-0.4, -0.2) is 42.9 Å². The average Bonchev–Trinajstić information content (AvgIpc) is 2.76. The molecule has 0 aromatic heterocycles. The minimum absolute atomic E-state index is 0.285. The molecule has 0 spiro atoms. The zero-order valence-electron chi connectivity index (χ0n) is 13.3. The van der Waals surface area contributed by atoms with Crippen molar-refractivity contribution in [2.24, 2.45) is 0 Å². The Morgan fingerprint density at radius 3 is 2.71 bits per heavy atom. The van der Waals surface area contributed by atoms with Crippen LogP contribution in [0.15, 0.2) is 34.7 Å². The van der Waals surface area contributed by atoms with E-state index in [1.54, 1.807) is 11.8 Å². The van der Waals surface area contributed by atoms with Crippen molar-refractivity contribution in [3.05, 3.63) is 35.4 Å². The van der Waals surface area contributed by atoms with Crippen LogP contribution >= 0.6 is 23.4 Å². The third kappa shape index (κ3) is 2.87. The number of benzene rings is 1. The van der Waals surface area contributed by atoms with Gasteiger partial charge in [-0.1, -0.05) is 36.2 Å². The molecule has 3 heterocycles. The zero-order valence-corrected chi connectivity index (χ0v) is 15.7. The lowest BCUT2D eigenvalue weighted by Crippen LogP contribution is -2.50. The van der Waals surface area contributed by atoms with Crippen molar-refractivity contribution in [2.45, 2.75) is 41.3 Å². The Bertz CT molecular complexity index is 772. The number of thioether (sulfide) groups is 1. The van der Waals surface area contributed by atoms with Gasteiger partial charge in [-0.3, -0.25) is 4.90 Å². The quantitative estimate of drug-likeness (QED) is 0.545. The topological polar surface area (TPSA) is 46.6 Å². The molecule has 0 bridgehead atoms. The van der Waals surface area contributed by atoms with Crippen LogP contribution in [0.25, 0.3) is 5.76 Å². The predicted octanol–water partition coefficient (Wildman–Crippen LogP) is 3.67. The monoisotopic (exact) mass is 385 g/mol. The van der Waals surface area contributed by atoms with Crippen LogP contribution in [0.1, 0.15) is 31.2 Å². The van der Waals surface area contributed by atoms with Crippen molar-refractivity contribution in [2.75, 3.05) is 18.8 Å². The van der Waals surface area contributed by atoms with E-state index in [2.05, 4.69) is 4.90 Å². The van der Waals surface area contributed by atoms with E-state index in [9.17, 15) is 8.42 Å². The third-order valence-corrected chi connectivity index (χ3v) is 8.09. The van der Waals surface area contributed by atoms with E-state index in [1.807, 2.05) is 24.3 Å². The van der Waals surface area contributed by atoms with E-state index in [0.29, 0.717) is 5.76 Å². The maximum absolute atomic E-state index is 12.6. The Morgan fingerprint density at radius 2 is 1.92 bits per heavy atom. The molecule has 130 valence electrons. The van der Waals surface area contributed by atoms with Gasteiger partial charge in [0.2, 0.25) is 0 Å². The highest BCUT2D eigenvalue weighted by atomic mass is 35.5. The van der Waals surface area contributed by atoms with Gasteiger partial charge in [0.15, 0.2) is 10.5 Å². The molecular formula is C17H20ClNO3S2. The van der Waals surface area contributed by atoms with Crippen molar-refractivity contribution >= 4 is 39.2 Å². The maximum Gasteiger partial charge on any atom is 0.328 e. The second-order valence-electron chi connectivity index (χ2n) is 6.42. The lowest BCUT2D eigenvalue weighted by molar-refractivity contribution is 0.181. The molecule has 0 aliphatic carbocycles. The SMILES string of the molecule is O=S1(=O)OC2=C(CCSc3ccccc32)[C@H](N2CCCCC2)[C@H]1Cl. The van der Waals surface area contributed by atoms with Gasteiger partial charge in [0, 0.05) is 16.2 Å². The largest absolute Gasteiger partial charge is 0.381 e. The number of rotatable bonds is 1. The summed E-state index contributed by atoms with van der Waals surface area (Å²) in [6.45, 7) is 1.80. The molecule has 0 radical (unpaired) electrons. The fourth-order valence-corrected chi connectivity index (χ4v) is 6.41. The Labute approximate surface area is 152 Å². The number of piperidine rings is 1. The molecular weight excluding hydrogens is 366 g/mol. The fraction of sp³-hybridized carbons (Fsp3) is 0.529.